The Morgan fingerprint density at radius 2 is 1.76 bits per heavy atom. The number of likely N-dealkylation sites (N-methyl/N-ethyl adjacent to an activating group) is 1. The van der Waals surface area contributed by atoms with Crippen LogP contribution < -0.4 is 10.6 Å². The third-order valence-electron chi connectivity index (χ3n) is 4.45. The van der Waals surface area contributed by atoms with Crippen LogP contribution in [0.1, 0.15) is 46.5 Å². The second-order valence-corrected chi connectivity index (χ2v) is 7.29. The molecule has 2 amide bonds. The second-order valence-electron chi connectivity index (χ2n) is 7.29. The van der Waals surface area contributed by atoms with E-state index in [0.29, 0.717) is 6.54 Å². The standard InChI is InChI=1S/C15H29N3O3/c1-14(2,3)11(12(19)20)17-13(21)16-10-15(18(4)5)8-6-7-9-15/h11H,6-10H2,1-5H3,(H,19,20)(H2,16,17,21). The molecule has 1 rings (SSSR count). The van der Waals surface area contributed by atoms with Crippen molar-refractivity contribution in [2.45, 2.75) is 58.0 Å². The monoisotopic (exact) mass is 299 g/mol. The molecule has 0 aromatic heterocycles. The molecule has 1 atom stereocenters. The van der Waals surface area contributed by atoms with Crippen molar-refractivity contribution >= 4 is 12.0 Å². The van der Waals surface area contributed by atoms with Crippen molar-refractivity contribution in [3.8, 4) is 0 Å². The zero-order chi connectivity index (χ0) is 16.3. The summed E-state index contributed by atoms with van der Waals surface area (Å²) in [6.07, 6.45) is 4.45. The molecule has 0 aromatic rings. The summed E-state index contributed by atoms with van der Waals surface area (Å²) in [7, 11) is 4.06. The van der Waals surface area contributed by atoms with E-state index in [9.17, 15) is 14.7 Å². The topological polar surface area (TPSA) is 81.7 Å². The van der Waals surface area contributed by atoms with Crippen LogP contribution in [0.5, 0.6) is 0 Å². The fourth-order valence-corrected chi connectivity index (χ4v) is 2.89. The molecule has 6 nitrogen and oxygen atoms in total. The second kappa shape index (κ2) is 6.64. The van der Waals surface area contributed by atoms with E-state index in [-0.39, 0.29) is 5.54 Å². The third kappa shape index (κ3) is 4.59. The van der Waals surface area contributed by atoms with E-state index < -0.39 is 23.5 Å². The first-order chi connectivity index (χ1) is 9.58. The summed E-state index contributed by atoms with van der Waals surface area (Å²) in [5, 5.41) is 14.6. The number of carboxylic acids is 1. The van der Waals surface area contributed by atoms with Crippen LogP contribution in [0.2, 0.25) is 0 Å². The lowest BCUT2D eigenvalue weighted by Gasteiger charge is -2.37. The van der Waals surface area contributed by atoms with E-state index in [2.05, 4.69) is 15.5 Å². The van der Waals surface area contributed by atoms with Gasteiger partial charge in [0.2, 0.25) is 0 Å². The maximum Gasteiger partial charge on any atom is 0.326 e. The lowest BCUT2D eigenvalue weighted by atomic mass is 9.87. The molecule has 21 heavy (non-hydrogen) atoms. The van der Waals surface area contributed by atoms with Gasteiger partial charge in [0.1, 0.15) is 6.04 Å². The smallest absolute Gasteiger partial charge is 0.326 e. The van der Waals surface area contributed by atoms with Crippen molar-refractivity contribution in [3.63, 3.8) is 0 Å². The summed E-state index contributed by atoms with van der Waals surface area (Å²) in [4.78, 5) is 25.5. The van der Waals surface area contributed by atoms with Crippen LogP contribution in [0.3, 0.4) is 0 Å². The van der Waals surface area contributed by atoms with Gasteiger partial charge < -0.3 is 20.6 Å². The molecule has 0 aliphatic heterocycles. The number of carbonyl (C=O) groups excluding carboxylic acids is 1. The highest BCUT2D eigenvalue weighted by molar-refractivity contribution is 5.83. The van der Waals surface area contributed by atoms with Crippen LogP contribution in [-0.2, 0) is 4.79 Å². The predicted molar refractivity (Wildman–Crippen MR) is 82.3 cm³/mol. The van der Waals surface area contributed by atoms with Gasteiger partial charge in [-0.2, -0.15) is 0 Å². The van der Waals surface area contributed by atoms with E-state index in [4.69, 9.17) is 0 Å². The molecule has 0 bridgehead atoms. The van der Waals surface area contributed by atoms with E-state index in [1.807, 2.05) is 14.1 Å². The minimum atomic E-state index is -1.01. The summed E-state index contributed by atoms with van der Waals surface area (Å²) in [5.74, 6) is -1.01. The molecular formula is C15H29N3O3. The molecule has 1 fully saturated rings. The summed E-state index contributed by atoms with van der Waals surface area (Å²) >= 11 is 0. The van der Waals surface area contributed by atoms with E-state index >= 15 is 0 Å². The van der Waals surface area contributed by atoms with E-state index in [1.54, 1.807) is 20.8 Å². The zero-order valence-corrected chi connectivity index (χ0v) is 13.8. The van der Waals surface area contributed by atoms with Gasteiger partial charge in [-0.3, -0.25) is 0 Å². The van der Waals surface area contributed by atoms with Crippen molar-refractivity contribution < 1.29 is 14.7 Å². The van der Waals surface area contributed by atoms with Crippen LogP contribution >= 0.6 is 0 Å². The number of urea groups is 1. The lowest BCUT2D eigenvalue weighted by Crippen LogP contribution is -2.56. The maximum absolute atomic E-state index is 12.0. The minimum absolute atomic E-state index is 0.00219. The van der Waals surface area contributed by atoms with Gasteiger partial charge in [-0.05, 0) is 32.4 Å². The number of hydrogen-bond acceptors (Lipinski definition) is 3. The molecule has 0 heterocycles. The Hall–Kier alpha value is -1.30. The van der Waals surface area contributed by atoms with Crippen molar-refractivity contribution in [2.75, 3.05) is 20.6 Å². The molecular weight excluding hydrogens is 270 g/mol. The number of amides is 2. The first kappa shape index (κ1) is 17.8. The summed E-state index contributed by atoms with van der Waals surface area (Å²) < 4.78 is 0. The largest absolute Gasteiger partial charge is 0.480 e. The number of carboxylic acid groups (broad SMARTS) is 1. The molecule has 1 saturated carbocycles. The molecule has 0 aromatic carbocycles. The number of nitrogens with zero attached hydrogens (tertiary/aromatic N) is 1. The molecule has 1 aliphatic carbocycles. The van der Waals surface area contributed by atoms with Gasteiger partial charge >= 0.3 is 12.0 Å². The Bertz CT molecular complexity index is 382. The van der Waals surface area contributed by atoms with Crippen molar-refractivity contribution in [2.24, 2.45) is 5.41 Å². The molecule has 6 heteroatoms. The van der Waals surface area contributed by atoms with Gasteiger partial charge in [-0.1, -0.05) is 33.6 Å². The van der Waals surface area contributed by atoms with E-state index in [0.717, 1.165) is 12.8 Å². The fourth-order valence-electron chi connectivity index (χ4n) is 2.89. The van der Waals surface area contributed by atoms with E-state index in [1.165, 1.54) is 12.8 Å². The van der Waals surface area contributed by atoms with Crippen molar-refractivity contribution in [1.82, 2.24) is 15.5 Å². The number of carbonyl (C=O) groups is 2. The third-order valence-corrected chi connectivity index (χ3v) is 4.45. The first-order valence-electron chi connectivity index (χ1n) is 7.53. The fraction of sp³-hybridized carbons (Fsp3) is 0.867. The Labute approximate surface area is 127 Å². The first-order valence-corrected chi connectivity index (χ1v) is 7.53. The predicted octanol–water partition coefficient (Wildman–Crippen LogP) is 1.66. The summed E-state index contributed by atoms with van der Waals surface area (Å²) in [6.45, 7) is 5.93. The summed E-state index contributed by atoms with van der Waals surface area (Å²) in [5.41, 5.74) is -0.534. The highest BCUT2D eigenvalue weighted by Gasteiger charge is 2.37. The van der Waals surface area contributed by atoms with Gasteiger partial charge in [-0.25, -0.2) is 9.59 Å². The Balaban J connectivity index is 2.59. The minimum Gasteiger partial charge on any atom is -0.480 e. The molecule has 0 radical (unpaired) electrons. The number of rotatable bonds is 5. The average Bonchev–Trinajstić information content (AvgIpc) is 2.81. The van der Waals surface area contributed by atoms with Crippen LogP contribution in [0, 0.1) is 5.41 Å². The van der Waals surface area contributed by atoms with Gasteiger partial charge in [0.25, 0.3) is 0 Å². The van der Waals surface area contributed by atoms with Crippen LogP contribution in [-0.4, -0.2) is 54.2 Å². The number of aliphatic carboxylic acids is 1. The maximum atomic E-state index is 12.0. The molecule has 3 N–H and O–H groups in total. The SMILES string of the molecule is CN(C)C1(CNC(=O)NC(C(=O)O)C(C)(C)C)CCCC1. The quantitative estimate of drug-likeness (QED) is 0.721. The van der Waals surface area contributed by atoms with Gasteiger partial charge in [-0.15, -0.1) is 0 Å². The van der Waals surface area contributed by atoms with Gasteiger partial charge in [0.15, 0.2) is 0 Å². The van der Waals surface area contributed by atoms with Gasteiger partial charge in [0, 0.05) is 12.1 Å². The van der Waals surface area contributed by atoms with Crippen molar-refractivity contribution in [3.05, 3.63) is 0 Å². The highest BCUT2D eigenvalue weighted by Crippen LogP contribution is 2.33. The normalized spacial score (nSPS) is 19.3. The lowest BCUT2D eigenvalue weighted by molar-refractivity contribution is -0.141. The molecule has 122 valence electrons. The Kier molecular flexibility index (Phi) is 5.61. The van der Waals surface area contributed by atoms with Gasteiger partial charge in [0.05, 0.1) is 0 Å². The zero-order valence-electron chi connectivity index (χ0n) is 13.8. The average molecular weight is 299 g/mol. The number of nitrogens with one attached hydrogen (secondary N) is 2. The molecule has 0 saturated heterocycles. The van der Waals surface area contributed by atoms with Crippen LogP contribution in [0.4, 0.5) is 4.79 Å². The molecule has 1 aliphatic rings. The number of hydrogen-bond donors (Lipinski definition) is 3. The molecule has 0 spiro atoms. The van der Waals surface area contributed by atoms with Crippen LogP contribution in [0.25, 0.3) is 0 Å². The van der Waals surface area contributed by atoms with Crippen molar-refractivity contribution in [1.29, 1.82) is 0 Å². The summed E-state index contributed by atoms with van der Waals surface area (Å²) in [6, 6.07) is -1.32. The Morgan fingerprint density at radius 3 is 2.14 bits per heavy atom. The highest BCUT2D eigenvalue weighted by atomic mass is 16.4. The Morgan fingerprint density at radius 1 is 1.24 bits per heavy atom. The molecule has 1 unspecified atom stereocenters. The van der Waals surface area contributed by atoms with Crippen LogP contribution in [0.15, 0.2) is 0 Å².